The number of hydrogen-bond donors (Lipinski definition) is 1. The number of nitrogens with zero attached hydrogens (tertiary/aromatic N) is 2. The van der Waals surface area contributed by atoms with Crippen LogP contribution in [0.4, 0.5) is 5.82 Å². The first-order valence-electron chi connectivity index (χ1n) is 3.41. The maximum Gasteiger partial charge on any atom is 0.151 e. The minimum atomic E-state index is 0.769. The summed E-state index contributed by atoms with van der Waals surface area (Å²) in [6, 6.07) is 0. The Morgan fingerprint density at radius 3 is 2.82 bits per heavy atom. The molecule has 1 rings (SSSR count). The summed E-state index contributed by atoms with van der Waals surface area (Å²) in [7, 11) is 0. The molecule has 58 valence electrons. The minimum Gasteiger partial charge on any atom is -0.346 e. The van der Waals surface area contributed by atoms with E-state index in [1.54, 1.807) is 12.4 Å². The molecule has 0 spiro atoms. The quantitative estimate of drug-likeness (QED) is 0.694. The summed E-state index contributed by atoms with van der Waals surface area (Å²) in [4.78, 5) is 8.34. The topological polar surface area (TPSA) is 37.8 Å². The van der Waals surface area contributed by atoms with Gasteiger partial charge in [0, 0.05) is 0 Å². The molecule has 0 atom stereocenters. The summed E-state index contributed by atoms with van der Waals surface area (Å²) in [6.07, 6.45) is 3.31. The van der Waals surface area contributed by atoms with Crippen molar-refractivity contribution < 1.29 is 0 Å². The summed E-state index contributed by atoms with van der Waals surface area (Å²) in [5.74, 6) is 0.769. The largest absolute Gasteiger partial charge is 0.346 e. The van der Waals surface area contributed by atoms with Crippen molar-refractivity contribution in [2.75, 3.05) is 5.32 Å². The van der Waals surface area contributed by atoms with Gasteiger partial charge in [-0.2, -0.15) is 0 Å². The lowest BCUT2D eigenvalue weighted by atomic mass is 10.4. The SMILES string of the molecule is C=CNc1ncc(C)nc1C. The Kier molecular flexibility index (Phi) is 2.21. The number of aromatic nitrogens is 2. The van der Waals surface area contributed by atoms with Crippen molar-refractivity contribution in [3.05, 3.63) is 30.4 Å². The third-order valence-corrected chi connectivity index (χ3v) is 1.31. The van der Waals surface area contributed by atoms with Crippen LogP contribution in [0.3, 0.4) is 0 Å². The van der Waals surface area contributed by atoms with Crippen molar-refractivity contribution in [2.45, 2.75) is 13.8 Å². The van der Waals surface area contributed by atoms with E-state index in [-0.39, 0.29) is 0 Å². The standard InChI is InChI=1S/C8H11N3/c1-4-9-8-7(3)11-6(2)5-10-8/h4-5H,1H2,2-3H3,(H,9,10). The highest BCUT2D eigenvalue weighted by molar-refractivity contribution is 5.41. The molecule has 3 heteroatoms. The molecular weight excluding hydrogens is 138 g/mol. The molecule has 0 aliphatic heterocycles. The fourth-order valence-corrected chi connectivity index (χ4v) is 0.836. The Labute approximate surface area is 66.2 Å². The molecule has 0 fully saturated rings. The van der Waals surface area contributed by atoms with Gasteiger partial charge in [0.1, 0.15) is 0 Å². The average Bonchev–Trinajstić information content (AvgIpc) is 1.95. The first-order chi connectivity index (χ1) is 5.24. The summed E-state index contributed by atoms with van der Waals surface area (Å²) >= 11 is 0. The highest BCUT2D eigenvalue weighted by atomic mass is 15.0. The molecule has 0 saturated heterocycles. The molecular formula is C8H11N3. The van der Waals surface area contributed by atoms with Crippen molar-refractivity contribution >= 4 is 5.82 Å². The number of aryl methyl sites for hydroxylation is 2. The van der Waals surface area contributed by atoms with Crippen LogP contribution in [0.15, 0.2) is 19.0 Å². The summed E-state index contributed by atoms with van der Waals surface area (Å²) < 4.78 is 0. The second kappa shape index (κ2) is 3.14. The Hall–Kier alpha value is -1.38. The molecule has 0 aromatic carbocycles. The summed E-state index contributed by atoms with van der Waals surface area (Å²) in [6.45, 7) is 7.36. The van der Waals surface area contributed by atoms with Gasteiger partial charge in [-0.3, -0.25) is 4.98 Å². The Bertz CT molecular complexity index is 268. The van der Waals surface area contributed by atoms with E-state index < -0.39 is 0 Å². The van der Waals surface area contributed by atoms with Crippen molar-refractivity contribution in [3.63, 3.8) is 0 Å². The van der Waals surface area contributed by atoms with Crippen molar-refractivity contribution in [2.24, 2.45) is 0 Å². The summed E-state index contributed by atoms with van der Waals surface area (Å²) in [5, 5.41) is 2.89. The summed E-state index contributed by atoms with van der Waals surface area (Å²) in [5.41, 5.74) is 1.82. The van der Waals surface area contributed by atoms with Crippen LogP contribution in [-0.2, 0) is 0 Å². The molecule has 0 amide bonds. The van der Waals surface area contributed by atoms with Gasteiger partial charge in [0.2, 0.25) is 0 Å². The molecule has 0 aliphatic rings. The van der Waals surface area contributed by atoms with Crippen molar-refractivity contribution in [3.8, 4) is 0 Å². The van der Waals surface area contributed by atoms with E-state index in [0.29, 0.717) is 0 Å². The lowest BCUT2D eigenvalue weighted by Gasteiger charge is -2.02. The maximum absolute atomic E-state index is 4.22. The van der Waals surface area contributed by atoms with E-state index in [4.69, 9.17) is 0 Å². The van der Waals surface area contributed by atoms with E-state index >= 15 is 0 Å². The van der Waals surface area contributed by atoms with Gasteiger partial charge in [-0.25, -0.2) is 4.98 Å². The van der Waals surface area contributed by atoms with E-state index in [9.17, 15) is 0 Å². The maximum atomic E-state index is 4.22. The van der Waals surface area contributed by atoms with Gasteiger partial charge in [0.25, 0.3) is 0 Å². The molecule has 1 N–H and O–H groups in total. The predicted octanol–water partition coefficient (Wildman–Crippen LogP) is 1.65. The third-order valence-electron chi connectivity index (χ3n) is 1.31. The van der Waals surface area contributed by atoms with E-state index in [2.05, 4.69) is 21.9 Å². The van der Waals surface area contributed by atoms with Gasteiger partial charge in [-0.05, 0) is 20.0 Å². The van der Waals surface area contributed by atoms with Gasteiger partial charge in [-0.15, -0.1) is 0 Å². The second-order valence-electron chi connectivity index (χ2n) is 2.29. The van der Waals surface area contributed by atoms with E-state index in [0.717, 1.165) is 17.2 Å². The van der Waals surface area contributed by atoms with Gasteiger partial charge >= 0.3 is 0 Å². The van der Waals surface area contributed by atoms with Crippen LogP contribution < -0.4 is 5.32 Å². The minimum absolute atomic E-state index is 0.769. The van der Waals surface area contributed by atoms with Crippen LogP contribution in [0, 0.1) is 13.8 Å². The molecule has 11 heavy (non-hydrogen) atoms. The molecule has 3 nitrogen and oxygen atoms in total. The normalized spacial score (nSPS) is 9.27. The van der Waals surface area contributed by atoms with Crippen LogP contribution in [0.25, 0.3) is 0 Å². The van der Waals surface area contributed by atoms with Gasteiger partial charge in [0.05, 0.1) is 17.6 Å². The first kappa shape index (κ1) is 7.72. The Balaban J connectivity index is 2.98. The third kappa shape index (κ3) is 1.77. The van der Waals surface area contributed by atoms with Crippen molar-refractivity contribution in [1.29, 1.82) is 0 Å². The molecule has 0 radical (unpaired) electrons. The highest BCUT2D eigenvalue weighted by Gasteiger charge is 1.97. The lowest BCUT2D eigenvalue weighted by Crippen LogP contribution is -1.97. The highest BCUT2D eigenvalue weighted by Crippen LogP contribution is 2.07. The fourth-order valence-electron chi connectivity index (χ4n) is 0.836. The number of rotatable bonds is 2. The van der Waals surface area contributed by atoms with Crippen molar-refractivity contribution in [1.82, 2.24) is 9.97 Å². The number of hydrogen-bond acceptors (Lipinski definition) is 3. The molecule has 0 bridgehead atoms. The Morgan fingerprint density at radius 1 is 1.55 bits per heavy atom. The van der Waals surface area contributed by atoms with E-state index in [1.807, 2.05) is 13.8 Å². The molecule has 1 aromatic rings. The van der Waals surface area contributed by atoms with Crippen LogP contribution >= 0.6 is 0 Å². The Morgan fingerprint density at radius 2 is 2.27 bits per heavy atom. The van der Waals surface area contributed by atoms with Gasteiger partial charge in [0.15, 0.2) is 5.82 Å². The molecule has 1 heterocycles. The van der Waals surface area contributed by atoms with E-state index in [1.165, 1.54) is 0 Å². The van der Waals surface area contributed by atoms with Gasteiger partial charge in [-0.1, -0.05) is 6.58 Å². The monoisotopic (exact) mass is 149 g/mol. The molecule has 0 saturated carbocycles. The zero-order valence-corrected chi connectivity index (χ0v) is 6.76. The zero-order valence-electron chi connectivity index (χ0n) is 6.76. The van der Waals surface area contributed by atoms with Crippen LogP contribution in [0.5, 0.6) is 0 Å². The molecule has 0 unspecified atom stereocenters. The number of anilines is 1. The predicted molar refractivity (Wildman–Crippen MR) is 45.3 cm³/mol. The first-order valence-corrected chi connectivity index (χ1v) is 3.41. The lowest BCUT2D eigenvalue weighted by molar-refractivity contribution is 1.06. The average molecular weight is 149 g/mol. The fraction of sp³-hybridized carbons (Fsp3) is 0.250. The zero-order chi connectivity index (χ0) is 8.27. The van der Waals surface area contributed by atoms with Crippen LogP contribution in [-0.4, -0.2) is 9.97 Å². The second-order valence-corrected chi connectivity index (χ2v) is 2.29. The van der Waals surface area contributed by atoms with Crippen LogP contribution in [0.1, 0.15) is 11.4 Å². The molecule has 0 aliphatic carbocycles. The smallest absolute Gasteiger partial charge is 0.151 e. The molecule has 1 aromatic heterocycles. The number of nitrogens with one attached hydrogen (secondary N) is 1. The van der Waals surface area contributed by atoms with Gasteiger partial charge < -0.3 is 5.32 Å². The van der Waals surface area contributed by atoms with Crippen LogP contribution in [0.2, 0.25) is 0 Å².